The molecule has 8 heteroatoms. The van der Waals surface area contributed by atoms with Crippen LogP contribution in [0.3, 0.4) is 0 Å². The Morgan fingerprint density at radius 3 is 2.48 bits per heavy atom. The molecule has 7 nitrogen and oxygen atoms in total. The standard InChI is InChI=1S/C19H22N2O5S/c22-19(26-14-13-25-17-5-2-1-3-6-17)16-8-11-21(12-9-16)27(23,24)18-7-4-10-20-15-18/h1-7,10,15-16H,8-9,11-14H2. The van der Waals surface area contributed by atoms with E-state index in [4.69, 9.17) is 9.47 Å². The lowest BCUT2D eigenvalue weighted by molar-refractivity contribution is -0.150. The summed E-state index contributed by atoms with van der Waals surface area (Å²) in [6, 6.07) is 12.4. The van der Waals surface area contributed by atoms with Crippen LogP contribution in [0.4, 0.5) is 0 Å². The van der Waals surface area contributed by atoms with Gasteiger partial charge < -0.3 is 9.47 Å². The number of benzene rings is 1. The minimum absolute atomic E-state index is 0.169. The molecule has 1 aliphatic heterocycles. The number of rotatable bonds is 7. The largest absolute Gasteiger partial charge is 0.490 e. The monoisotopic (exact) mass is 390 g/mol. The molecule has 0 radical (unpaired) electrons. The Balaban J connectivity index is 1.43. The summed E-state index contributed by atoms with van der Waals surface area (Å²) in [4.78, 5) is 16.2. The van der Waals surface area contributed by atoms with Crippen LogP contribution in [0.5, 0.6) is 5.75 Å². The van der Waals surface area contributed by atoms with Crippen LogP contribution in [0, 0.1) is 5.92 Å². The Bertz CT molecular complexity index is 835. The molecular weight excluding hydrogens is 368 g/mol. The van der Waals surface area contributed by atoms with E-state index in [1.54, 1.807) is 6.07 Å². The van der Waals surface area contributed by atoms with E-state index in [0.717, 1.165) is 5.75 Å². The SMILES string of the molecule is O=C(OCCOc1ccccc1)C1CCN(S(=O)(=O)c2cccnc2)CC1. The fourth-order valence-electron chi connectivity index (χ4n) is 2.92. The number of para-hydroxylation sites is 1. The average molecular weight is 390 g/mol. The van der Waals surface area contributed by atoms with Crippen molar-refractivity contribution >= 4 is 16.0 Å². The number of ether oxygens (including phenoxy) is 2. The van der Waals surface area contributed by atoms with Gasteiger partial charge in [0.25, 0.3) is 0 Å². The number of carbonyl (C=O) groups is 1. The predicted octanol–water partition coefficient (Wildman–Crippen LogP) is 2.10. The maximum atomic E-state index is 12.6. The van der Waals surface area contributed by atoms with Gasteiger partial charge in [0.05, 0.1) is 5.92 Å². The fraction of sp³-hybridized carbons (Fsp3) is 0.368. The molecule has 1 aliphatic rings. The number of hydrogen-bond donors (Lipinski definition) is 0. The normalized spacial score (nSPS) is 16.0. The molecule has 0 aliphatic carbocycles. The molecule has 2 aromatic rings. The Morgan fingerprint density at radius 2 is 1.81 bits per heavy atom. The third-order valence-corrected chi connectivity index (χ3v) is 6.28. The first kappa shape index (κ1) is 19.3. The fourth-order valence-corrected chi connectivity index (χ4v) is 4.35. The molecule has 0 N–H and O–H groups in total. The van der Waals surface area contributed by atoms with Crippen LogP contribution in [-0.4, -0.2) is 50.0 Å². The highest BCUT2D eigenvalue weighted by atomic mass is 32.2. The molecular formula is C19H22N2O5S. The number of carbonyl (C=O) groups excluding carboxylic acids is 1. The van der Waals surface area contributed by atoms with Crippen LogP contribution < -0.4 is 4.74 Å². The second-order valence-corrected chi connectivity index (χ2v) is 8.13. The Labute approximate surface area is 159 Å². The number of sulfonamides is 1. The maximum absolute atomic E-state index is 12.6. The number of hydrogen-bond acceptors (Lipinski definition) is 6. The van der Waals surface area contributed by atoms with Gasteiger partial charge in [0.15, 0.2) is 0 Å². The van der Waals surface area contributed by atoms with Crippen molar-refractivity contribution in [1.29, 1.82) is 0 Å². The van der Waals surface area contributed by atoms with E-state index in [-0.39, 0.29) is 43.1 Å². The average Bonchev–Trinajstić information content (AvgIpc) is 2.72. The van der Waals surface area contributed by atoms with Crippen molar-refractivity contribution < 1.29 is 22.7 Å². The topological polar surface area (TPSA) is 85.8 Å². The van der Waals surface area contributed by atoms with E-state index in [1.165, 1.54) is 22.8 Å². The molecule has 0 bridgehead atoms. The molecule has 1 aromatic carbocycles. The summed E-state index contributed by atoms with van der Waals surface area (Å²) >= 11 is 0. The summed E-state index contributed by atoms with van der Waals surface area (Å²) < 4.78 is 37.3. The second-order valence-electron chi connectivity index (χ2n) is 6.20. The third-order valence-electron chi connectivity index (χ3n) is 4.40. The minimum Gasteiger partial charge on any atom is -0.490 e. The van der Waals surface area contributed by atoms with Gasteiger partial charge in [-0.3, -0.25) is 9.78 Å². The molecule has 0 atom stereocenters. The highest BCUT2D eigenvalue weighted by Gasteiger charge is 2.32. The molecule has 1 fully saturated rings. The first-order valence-electron chi connectivity index (χ1n) is 8.82. The molecule has 144 valence electrons. The highest BCUT2D eigenvalue weighted by molar-refractivity contribution is 7.89. The summed E-state index contributed by atoms with van der Waals surface area (Å²) in [5.41, 5.74) is 0. The van der Waals surface area contributed by atoms with E-state index in [1.807, 2.05) is 30.3 Å². The van der Waals surface area contributed by atoms with Crippen LogP contribution >= 0.6 is 0 Å². The summed E-state index contributed by atoms with van der Waals surface area (Å²) in [6.45, 7) is 1.03. The first-order valence-corrected chi connectivity index (χ1v) is 10.3. The number of nitrogens with zero attached hydrogens (tertiary/aromatic N) is 2. The smallest absolute Gasteiger partial charge is 0.309 e. The van der Waals surface area contributed by atoms with Crippen molar-refractivity contribution in [1.82, 2.24) is 9.29 Å². The Kier molecular flexibility index (Phi) is 6.41. The zero-order chi connectivity index (χ0) is 19.1. The van der Waals surface area contributed by atoms with Crippen LogP contribution in [0.15, 0.2) is 59.8 Å². The van der Waals surface area contributed by atoms with Crippen LogP contribution in [-0.2, 0) is 19.6 Å². The number of esters is 1. The molecule has 0 unspecified atom stereocenters. The molecule has 1 aromatic heterocycles. The molecule has 27 heavy (non-hydrogen) atoms. The van der Waals surface area contributed by atoms with Gasteiger partial charge in [-0.15, -0.1) is 0 Å². The summed E-state index contributed by atoms with van der Waals surface area (Å²) in [5, 5.41) is 0. The van der Waals surface area contributed by atoms with Crippen molar-refractivity contribution in [2.45, 2.75) is 17.7 Å². The van der Waals surface area contributed by atoms with Gasteiger partial charge in [0, 0.05) is 25.5 Å². The molecule has 0 saturated carbocycles. The van der Waals surface area contributed by atoms with E-state index in [0.29, 0.717) is 12.8 Å². The maximum Gasteiger partial charge on any atom is 0.309 e. The van der Waals surface area contributed by atoms with Gasteiger partial charge in [-0.1, -0.05) is 18.2 Å². The second kappa shape index (κ2) is 8.96. The molecule has 1 saturated heterocycles. The van der Waals surface area contributed by atoms with Gasteiger partial charge in [0.1, 0.15) is 23.9 Å². The van der Waals surface area contributed by atoms with E-state index < -0.39 is 10.0 Å². The number of pyridine rings is 1. The van der Waals surface area contributed by atoms with Gasteiger partial charge in [-0.2, -0.15) is 4.31 Å². The van der Waals surface area contributed by atoms with Gasteiger partial charge in [-0.25, -0.2) is 8.42 Å². The van der Waals surface area contributed by atoms with E-state index in [9.17, 15) is 13.2 Å². The molecule has 0 amide bonds. The predicted molar refractivity (Wildman–Crippen MR) is 98.6 cm³/mol. The van der Waals surface area contributed by atoms with Crippen molar-refractivity contribution in [3.63, 3.8) is 0 Å². The molecule has 3 rings (SSSR count). The van der Waals surface area contributed by atoms with Gasteiger partial charge >= 0.3 is 5.97 Å². The quantitative estimate of drug-likeness (QED) is 0.532. The highest BCUT2D eigenvalue weighted by Crippen LogP contribution is 2.24. The zero-order valence-corrected chi connectivity index (χ0v) is 15.7. The lowest BCUT2D eigenvalue weighted by atomic mass is 9.98. The summed E-state index contributed by atoms with van der Waals surface area (Å²) in [7, 11) is -3.56. The molecule has 2 heterocycles. The van der Waals surface area contributed by atoms with Crippen molar-refractivity contribution in [3.8, 4) is 5.75 Å². The molecule has 0 spiro atoms. The van der Waals surface area contributed by atoms with Gasteiger partial charge in [-0.05, 0) is 37.1 Å². The Morgan fingerprint density at radius 1 is 1.07 bits per heavy atom. The zero-order valence-electron chi connectivity index (χ0n) is 14.9. The minimum atomic E-state index is -3.56. The van der Waals surface area contributed by atoms with E-state index in [2.05, 4.69) is 4.98 Å². The summed E-state index contributed by atoms with van der Waals surface area (Å²) in [6.07, 6.45) is 3.75. The number of piperidine rings is 1. The van der Waals surface area contributed by atoms with E-state index >= 15 is 0 Å². The van der Waals surface area contributed by atoms with Crippen LogP contribution in [0.25, 0.3) is 0 Å². The lowest BCUT2D eigenvalue weighted by Crippen LogP contribution is -2.40. The van der Waals surface area contributed by atoms with Crippen LogP contribution in [0.1, 0.15) is 12.8 Å². The number of aromatic nitrogens is 1. The van der Waals surface area contributed by atoms with Crippen molar-refractivity contribution in [3.05, 3.63) is 54.9 Å². The van der Waals surface area contributed by atoms with Crippen molar-refractivity contribution in [2.75, 3.05) is 26.3 Å². The Hall–Kier alpha value is -2.45. The summed E-state index contributed by atoms with van der Waals surface area (Å²) in [5.74, 6) is 0.134. The van der Waals surface area contributed by atoms with Crippen LogP contribution in [0.2, 0.25) is 0 Å². The van der Waals surface area contributed by atoms with Gasteiger partial charge in [0.2, 0.25) is 10.0 Å². The van der Waals surface area contributed by atoms with Crippen molar-refractivity contribution in [2.24, 2.45) is 5.92 Å². The lowest BCUT2D eigenvalue weighted by Gasteiger charge is -2.30. The third kappa shape index (κ3) is 5.05. The first-order chi connectivity index (χ1) is 13.1.